The SMILES string of the molecule is Cc1nc(N2CCCCC2)ncc1-c1csc(NC(=O)c2cnn(C)c2Cl)c1C(=O)O. The number of carboxylic acids is 1. The van der Waals surface area contributed by atoms with Crippen molar-refractivity contribution in [2.75, 3.05) is 23.3 Å². The van der Waals surface area contributed by atoms with E-state index in [9.17, 15) is 14.7 Å². The van der Waals surface area contributed by atoms with Gasteiger partial charge in [-0.05, 0) is 26.2 Å². The summed E-state index contributed by atoms with van der Waals surface area (Å²) in [6.45, 7) is 3.68. The Morgan fingerprint density at radius 2 is 1.94 bits per heavy atom. The van der Waals surface area contributed by atoms with Crippen LogP contribution in [0.1, 0.15) is 45.7 Å². The molecule has 3 aromatic rings. The maximum atomic E-state index is 12.6. The van der Waals surface area contributed by atoms with E-state index in [1.807, 2.05) is 6.92 Å². The van der Waals surface area contributed by atoms with E-state index in [0.717, 1.165) is 37.3 Å². The Bertz CT molecular complexity index is 1150. The number of anilines is 2. The number of aromatic carboxylic acids is 1. The summed E-state index contributed by atoms with van der Waals surface area (Å²) >= 11 is 7.21. The number of rotatable bonds is 5. The number of amides is 1. The van der Waals surface area contributed by atoms with Gasteiger partial charge in [-0.15, -0.1) is 11.3 Å². The fourth-order valence-corrected chi connectivity index (χ4v) is 4.70. The molecule has 11 heteroatoms. The third-order valence-corrected chi connectivity index (χ3v) is 6.58. The molecule has 0 atom stereocenters. The van der Waals surface area contributed by atoms with Crippen molar-refractivity contribution in [1.29, 1.82) is 0 Å². The molecule has 1 fully saturated rings. The second kappa shape index (κ2) is 8.64. The Balaban J connectivity index is 1.65. The molecule has 0 radical (unpaired) electrons. The smallest absolute Gasteiger partial charge is 0.339 e. The van der Waals surface area contributed by atoms with Gasteiger partial charge in [0, 0.05) is 42.8 Å². The summed E-state index contributed by atoms with van der Waals surface area (Å²) in [5, 5.41) is 18.5. The predicted octanol–water partition coefficient (Wildman–Crippen LogP) is 3.84. The van der Waals surface area contributed by atoms with E-state index < -0.39 is 11.9 Å². The molecule has 1 saturated heterocycles. The number of halogens is 1. The molecule has 1 amide bonds. The maximum absolute atomic E-state index is 12.6. The van der Waals surface area contributed by atoms with Crippen LogP contribution in [0.4, 0.5) is 10.9 Å². The first-order valence-corrected chi connectivity index (χ1v) is 11.0. The van der Waals surface area contributed by atoms with Crippen molar-refractivity contribution >= 4 is 45.8 Å². The number of nitrogens with one attached hydrogen (secondary N) is 1. The number of aromatic nitrogens is 4. The summed E-state index contributed by atoms with van der Waals surface area (Å²) in [6, 6.07) is 0. The molecule has 1 aliphatic rings. The minimum Gasteiger partial charge on any atom is -0.478 e. The fraction of sp³-hybridized carbons (Fsp3) is 0.350. The van der Waals surface area contributed by atoms with Crippen LogP contribution >= 0.6 is 22.9 Å². The van der Waals surface area contributed by atoms with Gasteiger partial charge in [0.25, 0.3) is 5.91 Å². The quantitative estimate of drug-likeness (QED) is 0.594. The normalized spacial score (nSPS) is 14.0. The highest BCUT2D eigenvalue weighted by molar-refractivity contribution is 7.15. The van der Waals surface area contributed by atoms with E-state index in [4.69, 9.17) is 11.6 Å². The lowest BCUT2D eigenvalue weighted by Crippen LogP contribution is -2.31. The lowest BCUT2D eigenvalue weighted by molar-refractivity contribution is 0.0699. The van der Waals surface area contributed by atoms with Crippen LogP contribution in [-0.2, 0) is 7.05 Å². The zero-order valence-corrected chi connectivity index (χ0v) is 18.6. The molecule has 0 saturated carbocycles. The van der Waals surface area contributed by atoms with Crippen molar-refractivity contribution in [3.8, 4) is 11.1 Å². The van der Waals surface area contributed by atoms with E-state index in [1.54, 1.807) is 18.6 Å². The number of carboxylic acid groups (broad SMARTS) is 1. The minimum absolute atomic E-state index is 0.00390. The predicted molar refractivity (Wildman–Crippen MR) is 119 cm³/mol. The summed E-state index contributed by atoms with van der Waals surface area (Å²) in [7, 11) is 1.61. The molecule has 31 heavy (non-hydrogen) atoms. The molecule has 162 valence electrons. The third-order valence-electron chi connectivity index (χ3n) is 5.24. The fourth-order valence-electron chi connectivity index (χ4n) is 3.57. The number of carbonyl (C=O) groups is 2. The van der Waals surface area contributed by atoms with Crippen molar-refractivity contribution < 1.29 is 14.7 Å². The number of thiophene rings is 1. The van der Waals surface area contributed by atoms with E-state index in [1.165, 1.54) is 17.3 Å². The van der Waals surface area contributed by atoms with Crippen molar-refractivity contribution in [3.63, 3.8) is 0 Å². The molecular weight excluding hydrogens is 440 g/mol. The summed E-state index contributed by atoms with van der Waals surface area (Å²) in [6.07, 6.45) is 6.43. The molecule has 0 bridgehead atoms. The van der Waals surface area contributed by atoms with Crippen LogP contribution < -0.4 is 10.2 Å². The molecule has 4 heterocycles. The number of nitrogens with zero attached hydrogens (tertiary/aromatic N) is 5. The van der Waals surface area contributed by atoms with Crippen LogP contribution in [0.2, 0.25) is 5.15 Å². The molecule has 0 aromatic carbocycles. The highest BCUT2D eigenvalue weighted by atomic mass is 35.5. The van der Waals surface area contributed by atoms with Crippen LogP contribution in [0.15, 0.2) is 17.8 Å². The molecule has 0 aliphatic carbocycles. The van der Waals surface area contributed by atoms with Crippen molar-refractivity contribution in [3.05, 3.63) is 39.7 Å². The molecule has 4 rings (SSSR count). The van der Waals surface area contributed by atoms with Crippen LogP contribution in [0.3, 0.4) is 0 Å². The molecule has 2 N–H and O–H groups in total. The van der Waals surface area contributed by atoms with Gasteiger partial charge >= 0.3 is 5.97 Å². The topological polar surface area (TPSA) is 113 Å². The highest BCUT2D eigenvalue weighted by Gasteiger charge is 2.25. The second-order valence-electron chi connectivity index (χ2n) is 7.30. The molecule has 0 spiro atoms. The number of hydrogen-bond donors (Lipinski definition) is 2. The first kappa shape index (κ1) is 21.3. The van der Waals surface area contributed by atoms with Gasteiger partial charge in [0.15, 0.2) is 0 Å². The van der Waals surface area contributed by atoms with Crippen molar-refractivity contribution in [2.24, 2.45) is 7.05 Å². The largest absolute Gasteiger partial charge is 0.478 e. The van der Waals surface area contributed by atoms with Crippen LogP contribution in [-0.4, -0.2) is 49.8 Å². The standard InChI is InChI=1S/C20H21ClN6O3S/c1-11-12(8-22-20(24-11)27-6-4-3-5-7-27)14-10-31-18(15(14)19(29)30)25-17(28)13-9-23-26(2)16(13)21/h8-10H,3-7H2,1-2H3,(H,25,28)(H,29,30). The lowest BCUT2D eigenvalue weighted by atomic mass is 10.0. The lowest BCUT2D eigenvalue weighted by Gasteiger charge is -2.26. The number of carbonyl (C=O) groups excluding carboxylic acids is 1. The summed E-state index contributed by atoms with van der Waals surface area (Å²) < 4.78 is 1.36. The Labute approximate surface area is 187 Å². The van der Waals surface area contributed by atoms with E-state index in [0.29, 0.717) is 22.8 Å². The Hall–Kier alpha value is -2.98. The minimum atomic E-state index is -1.15. The van der Waals surface area contributed by atoms with Gasteiger partial charge in [-0.1, -0.05) is 11.6 Å². The molecular formula is C20H21ClN6O3S. The summed E-state index contributed by atoms with van der Waals surface area (Å²) in [5.41, 5.74) is 1.93. The van der Waals surface area contributed by atoms with Gasteiger partial charge < -0.3 is 15.3 Å². The van der Waals surface area contributed by atoms with Gasteiger partial charge in [0.05, 0.1) is 17.5 Å². The van der Waals surface area contributed by atoms with Gasteiger partial charge in [0.1, 0.15) is 15.7 Å². The van der Waals surface area contributed by atoms with Crippen molar-refractivity contribution in [1.82, 2.24) is 19.7 Å². The van der Waals surface area contributed by atoms with Crippen LogP contribution in [0.25, 0.3) is 11.1 Å². The van der Waals surface area contributed by atoms with E-state index >= 15 is 0 Å². The maximum Gasteiger partial charge on any atom is 0.339 e. The molecule has 1 aliphatic heterocycles. The third kappa shape index (κ3) is 4.13. The van der Waals surface area contributed by atoms with Crippen LogP contribution in [0.5, 0.6) is 0 Å². The Morgan fingerprint density at radius 1 is 1.19 bits per heavy atom. The highest BCUT2D eigenvalue weighted by Crippen LogP contribution is 2.37. The van der Waals surface area contributed by atoms with Crippen molar-refractivity contribution in [2.45, 2.75) is 26.2 Å². The summed E-state index contributed by atoms with van der Waals surface area (Å²) in [5.74, 6) is -1.02. The Morgan fingerprint density at radius 3 is 2.55 bits per heavy atom. The second-order valence-corrected chi connectivity index (χ2v) is 8.54. The average molecular weight is 461 g/mol. The first-order chi connectivity index (χ1) is 14.9. The van der Waals surface area contributed by atoms with Gasteiger partial charge in [-0.2, -0.15) is 5.10 Å². The summed E-state index contributed by atoms with van der Waals surface area (Å²) in [4.78, 5) is 35.9. The van der Waals surface area contributed by atoms with Gasteiger partial charge in [-0.3, -0.25) is 9.48 Å². The van der Waals surface area contributed by atoms with E-state index in [2.05, 4.69) is 25.3 Å². The molecule has 3 aromatic heterocycles. The van der Waals surface area contributed by atoms with Gasteiger partial charge in [-0.25, -0.2) is 14.8 Å². The molecule has 0 unspecified atom stereocenters. The van der Waals surface area contributed by atoms with Crippen LogP contribution in [0, 0.1) is 6.92 Å². The van der Waals surface area contributed by atoms with Gasteiger partial charge in [0.2, 0.25) is 5.95 Å². The average Bonchev–Trinajstić information content (AvgIpc) is 3.32. The Kier molecular flexibility index (Phi) is 5.92. The van der Waals surface area contributed by atoms with E-state index in [-0.39, 0.29) is 21.3 Å². The molecule has 9 nitrogen and oxygen atoms in total. The zero-order valence-electron chi connectivity index (χ0n) is 17.1. The monoisotopic (exact) mass is 460 g/mol. The number of aryl methyl sites for hydroxylation is 2. The zero-order chi connectivity index (χ0) is 22.1. The number of piperidine rings is 1. The number of hydrogen-bond acceptors (Lipinski definition) is 7. The first-order valence-electron chi connectivity index (χ1n) is 9.79.